The van der Waals surface area contributed by atoms with E-state index in [9.17, 15) is 14.3 Å². The first-order valence-corrected chi connectivity index (χ1v) is 7.91. The van der Waals surface area contributed by atoms with E-state index >= 15 is 0 Å². The molecule has 2 N–H and O–H groups in total. The van der Waals surface area contributed by atoms with Crippen LogP contribution in [0.2, 0.25) is 0 Å². The van der Waals surface area contributed by atoms with Crippen molar-refractivity contribution >= 4 is 16.8 Å². The van der Waals surface area contributed by atoms with Gasteiger partial charge in [-0.1, -0.05) is 18.2 Å². The van der Waals surface area contributed by atoms with Gasteiger partial charge >= 0.3 is 0 Å². The third kappa shape index (κ3) is 3.97. The number of aliphatic hydroxyl groups excluding tert-OH is 1. The average molecular weight is 342 g/mol. The second kappa shape index (κ2) is 7.36. The van der Waals surface area contributed by atoms with Crippen LogP contribution in [0, 0.1) is 5.82 Å². The van der Waals surface area contributed by atoms with Gasteiger partial charge in [0.25, 0.3) is 5.91 Å². The Morgan fingerprint density at radius 1 is 1.28 bits per heavy atom. The molecule has 0 aliphatic rings. The number of amides is 1. The Labute approximate surface area is 144 Å². The summed E-state index contributed by atoms with van der Waals surface area (Å²) in [6, 6.07) is 13.5. The molecule has 130 valence electrons. The summed E-state index contributed by atoms with van der Waals surface area (Å²) in [7, 11) is 1.95. The lowest BCUT2D eigenvalue weighted by Gasteiger charge is -2.13. The zero-order chi connectivity index (χ0) is 17.8. The summed E-state index contributed by atoms with van der Waals surface area (Å²) in [6.45, 7) is -0.261. The van der Waals surface area contributed by atoms with Gasteiger partial charge in [0.05, 0.1) is 6.10 Å². The minimum absolute atomic E-state index is 0.0210. The number of benzene rings is 2. The smallest absolute Gasteiger partial charge is 0.258 e. The molecule has 0 spiro atoms. The highest BCUT2D eigenvalue weighted by molar-refractivity contribution is 5.81. The molecule has 5 nitrogen and oxygen atoms in total. The summed E-state index contributed by atoms with van der Waals surface area (Å²) in [5, 5.41) is 13.8. The summed E-state index contributed by atoms with van der Waals surface area (Å²) in [4.78, 5) is 11.8. The number of para-hydroxylation sites is 1. The third-order valence-electron chi connectivity index (χ3n) is 3.98. The van der Waals surface area contributed by atoms with E-state index < -0.39 is 17.8 Å². The minimum atomic E-state index is -0.831. The van der Waals surface area contributed by atoms with E-state index in [-0.39, 0.29) is 18.9 Å². The van der Waals surface area contributed by atoms with Crippen LogP contribution in [0.15, 0.2) is 54.7 Å². The fourth-order valence-corrected chi connectivity index (χ4v) is 2.59. The number of fused-ring (bicyclic) bond motifs is 1. The molecule has 0 fully saturated rings. The topological polar surface area (TPSA) is 63.5 Å². The van der Waals surface area contributed by atoms with Crippen molar-refractivity contribution in [2.45, 2.75) is 6.10 Å². The normalized spacial score (nSPS) is 12.1. The molecule has 0 aliphatic heterocycles. The molecule has 0 saturated heterocycles. The second-order valence-corrected chi connectivity index (χ2v) is 5.78. The molecule has 1 atom stereocenters. The van der Waals surface area contributed by atoms with Gasteiger partial charge < -0.3 is 19.7 Å². The van der Waals surface area contributed by atoms with Crippen LogP contribution in [-0.4, -0.2) is 28.7 Å². The van der Waals surface area contributed by atoms with Crippen molar-refractivity contribution in [3.05, 3.63) is 66.1 Å². The van der Waals surface area contributed by atoms with Gasteiger partial charge in [-0.3, -0.25) is 4.79 Å². The van der Waals surface area contributed by atoms with Gasteiger partial charge in [0, 0.05) is 25.3 Å². The Hall–Kier alpha value is -2.86. The molecular formula is C19H19FN2O3. The van der Waals surface area contributed by atoms with Crippen LogP contribution < -0.4 is 10.1 Å². The third-order valence-corrected chi connectivity index (χ3v) is 3.98. The first kappa shape index (κ1) is 17.0. The summed E-state index contributed by atoms with van der Waals surface area (Å²) in [5.74, 6) is -0.928. The van der Waals surface area contributed by atoms with E-state index in [0.717, 1.165) is 10.9 Å². The maximum atomic E-state index is 13.4. The zero-order valence-corrected chi connectivity index (χ0v) is 13.8. The molecule has 0 unspecified atom stereocenters. The number of rotatable bonds is 6. The quantitative estimate of drug-likeness (QED) is 0.724. The lowest BCUT2D eigenvalue weighted by molar-refractivity contribution is -0.123. The Kier molecular flexibility index (Phi) is 5.00. The van der Waals surface area contributed by atoms with E-state index in [1.165, 1.54) is 12.1 Å². The molecule has 1 heterocycles. The molecule has 25 heavy (non-hydrogen) atoms. The monoisotopic (exact) mass is 342 g/mol. The van der Waals surface area contributed by atoms with E-state index in [1.54, 1.807) is 12.1 Å². The molecule has 6 heteroatoms. The molecule has 3 aromatic rings. The fourth-order valence-electron chi connectivity index (χ4n) is 2.59. The van der Waals surface area contributed by atoms with Crippen molar-refractivity contribution in [2.75, 3.05) is 13.2 Å². The van der Waals surface area contributed by atoms with Gasteiger partial charge in [-0.2, -0.15) is 0 Å². The highest BCUT2D eigenvalue weighted by Gasteiger charge is 2.12. The molecule has 2 aromatic carbocycles. The Morgan fingerprint density at radius 2 is 2.08 bits per heavy atom. The SMILES string of the molecule is Cn1ccc2cc([C@H](O)CNC(=O)COc3ccccc3F)ccc21. The Balaban J connectivity index is 1.53. The van der Waals surface area contributed by atoms with Crippen molar-refractivity contribution in [1.29, 1.82) is 0 Å². The van der Waals surface area contributed by atoms with E-state index in [1.807, 2.05) is 42.1 Å². The van der Waals surface area contributed by atoms with E-state index in [2.05, 4.69) is 5.32 Å². The molecule has 1 amide bonds. The maximum absolute atomic E-state index is 13.4. The predicted octanol–water partition coefficient (Wildman–Crippen LogP) is 2.55. The summed E-state index contributed by atoms with van der Waals surface area (Å²) < 4.78 is 20.5. The lowest BCUT2D eigenvalue weighted by Crippen LogP contribution is -2.32. The number of hydrogen-bond donors (Lipinski definition) is 2. The van der Waals surface area contributed by atoms with Crippen LogP contribution in [0.1, 0.15) is 11.7 Å². The number of ether oxygens (including phenoxy) is 1. The van der Waals surface area contributed by atoms with Crippen molar-refractivity contribution in [1.82, 2.24) is 9.88 Å². The Morgan fingerprint density at radius 3 is 2.88 bits per heavy atom. The molecular weight excluding hydrogens is 323 g/mol. The van der Waals surface area contributed by atoms with E-state index in [4.69, 9.17) is 4.74 Å². The van der Waals surface area contributed by atoms with Crippen LogP contribution in [0.5, 0.6) is 5.75 Å². The molecule has 0 radical (unpaired) electrons. The van der Waals surface area contributed by atoms with Gasteiger partial charge in [-0.15, -0.1) is 0 Å². The lowest BCUT2D eigenvalue weighted by atomic mass is 10.1. The number of carbonyl (C=O) groups excluding carboxylic acids is 1. The van der Waals surface area contributed by atoms with Crippen LogP contribution in [0.4, 0.5) is 4.39 Å². The summed E-state index contributed by atoms with van der Waals surface area (Å²) >= 11 is 0. The first-order chi connectivity index (χ1) is 12.0. The number of hydrogen-bond acceptors (Lipinski definition) is 3. The molecule has 3 rings (SSSR count). The second-order valence-electron chi connectivity index (χ2n) is 5.78. The number of halogens is 1. The predicted molar refractivity (Wildman–Crippen MR) is 92.8 cm³/mol. The van der Waals surface area contributed by atoms with Crippen LogP contribution >= 0.6 is 0 Å². The fraction of sp³-hybridized carbons (Fsp3) is 0.211. The number of aromatic nitrogens is 1. The minimum Gasteiger partial charge on any atom is -0.481 e. The molecule has 0 saturated carbocycles. The van der Waals surface area contributed by atoms with Gasteiger partial charge in [-0.05, 0) is 41.3 Å². The maximum Gasteiger partial charge on any atom is 0.258 e. The average Bonchev–Trinajstić information content (AvgIpc) is 2.99. The number of nitrogens with zero attached hydrogens (tertiary/aromatic N) is 1. The van der Waals surface area contributed by atoms with Crippen LogP contribution in [-0.2, 0) is 11.8 Å². The summed E-state index contributed by atoms with van der Waals surface area (Å²) in [5.41, 5.74) is 1.78. The van der Waals surface area contributed by atoms with Crippen LogP contribution in [0.3, 0.4) is 0 Å². The molecule has 1 aromatic heterocycles. The zero-order valence-electron chi connectivity index (χ0n) is 13.8. The Bertz CT molecular complexity index is 891. The largest absolute Gasteiger partial charge is 0.481 e. The first-order valence-electron chi connectivity index (χ1n) is 7.91. The number of aliphatic hydroxyl groups is 1. The van der Waals surface area contributed by atoms with Crippen molar-refractivity contribution in [3.8, 4) is 5.75 Å². The molecule has 0 bridgehead atoms. The highest BCUT2D eigenvalue weighted by Crippen LogP contribution is 2.21. The highest BCUT2D eigenvalue weighted by atomic mass is 19.1. The van der Waals surface area contributed by atoms with E-state index in [0.29, 0.717) is 5.56 Å². The number of aryl methyl sites for hydroxylation is 1. The number of carbonyl (C=O) groups is 1. The van der Waals surface area contributed by atoms with Gasteiger partial charge in [0.1, 0.15) is 0 Å². The standard InChI is InChI=1S/C19H19FN2O3/c1-22-9-8-13-10-14(6-7-16(13)22)17(23)11-21-19(24)12-25-18-5-3-2-4-15(18)20/h2-10,17,23H,11-12H2,1H3,(H,21,24)/t17-/m1/s1. The number of nitrogens with one attached hydrogen (secondary N) is 1. The summed E-state index contributed by atoms with van der Waals surface area (Å²) in [6.07, 6.45) is 1.12. The van der Waals surface area contributed by atoms with Crippen molar-refractivity contribution < 1.29 is 19.0 Å². The van der Waals surface area contributed by atoms with Crippen molar-refractivity contribution in [3.63, 3.8) is 0 Å². The molecule has 0 aliphatic carbocycles. The van der Waals surface area contributed by atoms with Gasteiger partial charge in [0.15, 0.2) is 18.2 Å². The van der Waals surface area contributed by atoms with Gasteiger partial charge in [-0.25, -0.2) is 4.39 Å². The van der Waals surface area contributed by atoms with Gasteiger partial charge in [0.2, 0.25) is 0 Å². The van der Waals surface area contributed by atoms with Crippen LogP contribution in [0.25, 0.3) is 10.9 Å². The van der Waals surface area contributed by atoms with Crippen molar-refractivity contribution in [2.24, 2.45) is 7.05 Å².